The fourth-order valence-electron chi connectivity index (χ4n) is 1.07. The number of carboxylic acids is 2. The summed E-state index contributed by atoms with van der Waals surface area (Å²) in [4.78, 5) is 30.3. The van der Waals surface area contributed by atoms with Gasteiger partial charge < -0.3 is 19.8 Å². The van der Waals surface area contributed by atoms with Gasteiger partial charge in [-0.3, -0.25) is 10.1 Å². The average molecular weight is 255 g/mol. The topological polar surface area (TPSA) is 123 Å². The molecule has 0 aliphatic carbocycles. The minimum atomic E-state index is -1.82. The molecular formula is C8H3NNa2O6. The first-order chi connectivity index (χ1) is 6.95. The molecule has 0 bridgehead atoms. The third kappa shape index (κ3) is 4.38. The fourth-order valence-corrected chi connectivity index (χ4v) is 1.07. The van der Waals surface area contributed by atoms with Crippen molar-refractivity contribution in [3.8, 4) is 0 Å². The molecule has 0 atom stereocenters. The molecular weight excluding hydrogens is 252 g/mol. The number of carbonyl (C=O) groups is 2. The van der Waals surface area contributed by atoms with Crippen LogP contribution < -0.4 is 69.3 Å². The van der Waals surface area contributed by atoms with E-state index in [1.54, 1.807) is 0 Å². The summed E-state index contributed by atoms with van der Waals surface area (Å²) >= 11 is 0. The van der Waals surface area contributed by atoms with Gasteiger partial charge in [-0.25, -0.2) is 0 Å². The molecule has 0 amide bonds. The second-order valence-electron chi connectivity index (χ2n) is 2.53. The number of aromatic carboxylic acids is 2. The van der Waals surface area contributed by atoms with Crippen LogP contribution in [0.25, 0.3) is 0 Å². The van der Waals surface area contributed by atoms with Gasteiger partial charge in [-0.2, -0.15) is 0 Å². The molecule has 0 N–H and O–H groups in total. The Kier molecular flexibility index (Phi) is 8.68. The smallest absolute Gasteiger partial charge is 0.545 e. The number of carbonyl (C=O) groups excluding carboxylic acids is 2. The predicted molar refractivity (Wildman–Crippen MR) is 41.8 cm³/mol. The molecule has 9 heteroatoms. The van der Waals surface area contributed by atoms with Crippen LogP contribution in [0.5, 0.6) is 0 Å². The number of rotatable bonds is 3. The van der Waals surface area contributed by atoms with Crippen LogP contribution in [0.1, 0.15) is 20.7 Å². The number of nitro benzene ring substituents is 1. The maximum Gasteiger partial charge on any atom is 1.00 e. The van der Waals surface area contributed by atoms with Crippen LogP contribution >= 0.6 is 0 Å². The Morgan fingerprint density at radius 1 is 1.00 bits per heavy atom. The van der Waals surface area contributed by atoms with Crippen molar-refractivity contribution in [2.24, 2.45) is 0 Å². The second kappa shape index (κ2) is 7.80. The van der Waals surface area contributed by atoms with Crippen LogP contribution in [0, 0.1) is 10.1 Å². The minimum absolute atomic E-state index is 0. The number of hydrogen-bond donors (Lipinski definition) is 0. The van der Waals surface area contributed by atoms with Gasteiger partial charge in [0, 0.05) is 0 Å². The first-order valence-corrected chi connectivity index (χ1v) is 3.65. The third-order valence-corrected chi connectivity index (χ3v) is 1.66. The van der Waals surface area contributed by atoms with E-state index in [1.165, 1.54) is 0 Å². The Labute approximate surface area is 140 Å². The maximum atomic E-state index is 10.5. The number of carboxylic acid groups (broad SMARTS) is 2. The van der Waals surface area contributed by atoms with E-state index in [-0.39, 0.29) is 59.1 Å². The van der Waals surface area contributed by atoms with Gasteiger partial charge in [0.25, 0.3) is 5.69 Å². The van der Waals surface area contributed by atoms with Crippen molar-refractivity contribution in [3.05, 3.63) is 39.4 Å². The van der Waals surface area contributed by atoms with Crippen LogP contribution in [0.4, 0.5) is 5.69 Å². The fraction of sp³-hybridized carbons (Fsp3) is 0. The standard InChI is InChI=1S/C8H5NO6.2Na/c10-7(11)4-2-1-3-5(8(12)13)6(4)9(14)15;;/h1-3H,(H,10,11)(H,12,13);;/q;2*+1/p-2. The summed E-state index contributed by atoms with van der Waals surface area (Å²) in [6.45, 7) is 0. The van der Waals surface area contributed by atoms with E-state index in [4.69, 9.17) is 0 Å². The first kappa shape index (κ1) is 18.9. The first-order valence-electron chi connectivity index (χ1n) is 3.65. The second-order valence-corrected chi connectivity index (χ2v) is 2.53. The molecule has 17 heavy (non-hydrogen) atoms. The molecule has 0 radical (unpaired) electrons. The molecule has 1 aromatic rings. The zero-order valence-electron chi connectivity index (χ0n) is 9.13. The van der Waals surface area contributed by atoms with Crippen molar-refractivity contribution in [2.75, 3.05) is 0 Å². The van der Waals surface area contributed by atoms with Crippen molar-refractivity contribution < 1.29 is 83.8 Å². The van der Waals surface area contributed by atoms with Gasteiger partial charge in [-0.05, 0) is 12.1 Å². The van der Waals surface area contributed by atoms with Crippen LogP contribution in [-0.2, 0) is 0 Å². The number of benzene rings is 1. The number of nitrogens with zero attached hydrogens (tertiary/aromatic N) is 1. The minimum Gasteiger partial charge on any atom is -0.545 e. The van der Waals surface area contributed by atoms with Crippen LogP contribution in [0.2, 0.25) is 0 Å². The number of para-hydroxylation sites is 1. The zero-order valence-corrected chi connectivity index (χ0v) is 13.1. The maximum absolute atomic E-state index is 10.5. The molecule has 78 valence electrons. The summed E-state index contributed by atoms with van der Waals surface area (Å²) < 4.78 is 0. The molecule has 1 aromatic carbocycles. The molecule has 0 unspecified atom stereocenters. The molecule has 0 heterocycles. The van der Waals surface area contributed by atoms with E-state index < -0.39 is 33.7 Å². The van der Waals surface area contributed by atoms with Gasteiger partial charge in [-0.15, -0.1) is 0 Å². The van der Waals surface area contributed by atoms with Gasteiger partial charge in [0.05, 0.1) is 28.0 Å². The van der Waals surface area contributed by atoms with Gasteiger partial charge in [-0.1, -0.05) is 6.07 Å². The van der Waals surface area contributed by atoms with Crippen molar-refractivity contribution in [1.29, 1.82) is 0 Å². The van der Waals surface area contributed by atoms with Crippen molar-refractivity contribution in [1.82, 2.24) is 0 Å². The van der Waals surface area contributed by atoms with Crippen LogP contribution in [0.3, 0.4) is 0 Å². The SMILES string of the molecule is O=C([O-])c1cccc(C(=O)[O-])c1[N+](=O)[O-].[Na+].[Na+]. The summed E-state index contributed by atoms with van der Waals surface area (Å²) in [5.41, 5.74) is -2.61. The molecule has 7 nitrogen and oxygen atoms in total. The van der Waals surface area contributed by atoms with E-state index >= 15 is 0 Å². The van der Waals surface area contributed by atoms with E-state index in [0.717, 1.165) is 18.2 Å². The molecule has 0 fully saturated rings. The Balaban J connectivity index is 0. The summed E-state index contributed by atoms with van der Waals surface area (Å²) in [6.07, 6.45) is 0. The van der Waals surface area contributed by atoms with Crippen molar-refractivity contribution in [2.45, 2.75) is 0 Å². The molecule has 0 saturated carbocycles. The van der Waals surface area contributed by atoms with E-state index in [1.807, 2.05) is 0 Å². The van der Waals surface area contributed by atoms with Crippen molar-refractivity contribution >= 4 is 17.6 Å². The predicted octanol–water partition coefficient (Wildman–Crippen LogP) is -7.67. The zero-order chi connectivity index (χ0) is 11.6. The number of nitro groups is 1. The summed E-state index contributed by atoms with van der Waals surface area (Å²) in [5.74, 6) is -3.63. The van der Waals surface area contributed by atoms with Crippen LogP contribution in [0.15, 0.2) is 18.2 Å². The monoisotopic (exact) mass is 255 g/mol. The molecule has 0 aliphatic rings. The van der Waals surface area contributed by atoms with Gasteiger partial charge >= 0.3 is 59.1 Å². The third-order valence-electron chi connectivity index (χ3n) is 1.66. The van der Waals surface area contributed by atoms with Crippen molar-refractivity contribution in [3.63, 3.8) is 0 Å². The van der Waals surface area contributed by atoms with Crippen LogP contribution in [-0.4, -0.2) is 16.9 Å². The Hall–Kier alpha value is -0.440. The summed E-state index contributed by atoms with van der Waals surface area (Å²) in [6, 6.07) is 2.84. The van der Waals surface area contributed by atoms with E-state index in [9.17, 15) is 29.9 Å². The molecule has 0 aromatic heterocycles. The Morgan fingerprint density at radius 2 is 1.35 bits per heavy atom. The Morgan fingerprint density at radius 3 is 1.59 bits per heavy atom. The molecule has 0 saturated heterocycles. The normalized spacial score (nSPS) is 8.47. The Bertz CT molecular complexity index is 429. The average Bonchev–Trinajstić information content (AvgIpc) is 2.16. The summed E-state index contributed by atoms with van der Waals surface area (Å²) in [7, 11) is 0. The summed E-state index contributed by atoms with van der Waals surface area (Å²) in [5, 5.41) is 31.4. The molecule has 1 rings (SSSR count). The van der Waals surface area contributed by atoms with E-state index in [2.05, 4.69) is 0 Å². The number of hydrogen-bond acceptors (Lipinski definition) is 6. The largest absolute Gasteiger partial charge is 1.00 e. The quantitative estimate of drug-likeness (QED) is 0.300. The van der Waals surface area contributed by atoms with Gasteiger partial charge in [0.2, 0.25) is 0 Å². The van der Waals surface area contributed by atoms with Gasteiger partial charge in [0.15, 0.2) is 0 Å². The van der Waals surface area contributed by atoms with E-state index in [0.29, 0.717) is 0 Å². The molecule has 0 spiro atoms. The molecule has 0 aliphatic heterocycles. The van der Waals surface area contributed by atoms with Gasteiger partial charge in [0.1, 0.15) is 0 Å².